The molecule has 0 unspecified atom stereocenters. The van der Waals surface area contributed by atoms with E-state index in [9.17, 15) is 8.42 Å². The lowest BCUT2D eigenvalue weighted by Crippen LogP contribution is -2.28. The second-order valence-corrected chi connectivity index (χ2v) is 4.10. The summed E-state index contributed by atoms with van der Waals surface area (Å²) in [5.74, 6) is -0.0296. The Hall–Kier alpha value is -1.70. The van der Waals surface area contributed by atoms with Gasteiger partial charge in [0.1, 0.15) is 5.69 Å². The number of aromatic nitrogens is 2. The molecule has 7 nitrogen and oxygen atoms in total. The van der Waals surface area contributed by atoms with Crippen LogP contribution in [0.1, 0.15) is 11.4 Å². The van der Waals surface area contributed by atoms with Crippen LogP contribution in [0.15, 0.2) is 10.6 Å². The molecule has 2 rings (SSSR count). The van der Waals surface area contributed by atoms with Gasteiger partial charge in [-0.1, -0.05) is 0 Å². The average Bonchev–Trinajstić information content (AvgIpc) is 2.05. The third-order valence-electron chi connectivity index (χ3n) is 1.58. The molecule has 0 amide bonds. The Bertz CT molecular complexity index is 521. The van der Waals surface area contributed by atoms with Crippen LogP contribution in [0.4, 0.5) is 5.82 Å². The molecular weight excluding hydrogens is 206 g/mol. The summed E-state index contributed by atoms with van der Waals surface area (Å²) in [5, 5.41) is 0. The molecule has 1 aliphatic heterocycles. The van der Waals surface area contributed by atoms with Crippen molar-refractivity contribution in [3.8, 4) is 0 Å². The molecule has 0 spiro atoms. The average molecular weight is 213 g/mol. The zero-order chi connectivity index (χ0) is 10.3. The van der Waals surface area contributed by atoms with Crippen LogP contribution in [0.3, 0.4) is 0 Å². The van der Waals surface area contributed by atoms with Gasteiger partial charge >= 0.3 is 10.2 Å². The van der Waals surface area contributed by atoms with E-state index in [1.807, 2.05) is 0 Å². The van der Waals surface area contributed by atoms with Gasteiger partial charge in [-0.25, -0.2) is 14.7 Å². The molecule has 0 aromatic carbocycles. The summed E-state index contributed by atoms with van der Waals surface area (Å²) in [7, 11) is -3.75. The van der Waals surface area contributed by atoms with Crippen LogP contribution >= 0.6 is 0 Å². The molecule has 3 N–H and O–H groups in total. The lowest BCUT2D eigenvalue weighted by atomic mass is 10.3. The van der Waals surface area contributed by atoms with Crippen molar-refractivity contribution in [2.24, 2.45) is 10.1 Å². The Morgan fingerprint density at radius 3 is 2.93 bits per heavy atom. The molecule has 14 heavy (non-hydrogen) atoms. The van der Waals surface area contributed by atoms with E-state index in [1.54, 1.807) is 6.92 Å². The van der Waals surface area contributed by atoms with Gasteiger partial charge in [-0.15, -0.1) is 4.40 Å². The highest BCUT2D eigenvalue weighted by molar-refractivity contribution is 7.91. The number of hydrogen-bond acceptors (Lipinski definition) is 5. The van der Waals surface area contributed by atoms with E-state index in [-0.39, 0.29) is 17.3 Å². The summed E-state index contributed by atoms with van der Waals surface area (Å²) in [4.78, 5) is 7.87. The third-order valence-corrected chi connectivity index (χ3v) is 2.47. The molecule has 1 aliphatic rings. The van der Waals surface area contributed by atoms with Gasteiger partial charge in [0.05, 0.1) is 11.9 Å². The minimum absolute atomic E-state index is 0.114. The van der Waals surface area contributed by atoms with Gasteiger partial charge in [-0.2, -0.15) is 8.42 Å². The fourth-order valence-electron chi connectivity index (χ4n) is 1.05. The zero-order valence-electron chi connectivity index (χ0n) is 7.22. The van der Waals surface area contributed by atoms with Crippen LogP contribution in [-0.4, -0.2) is 24.2 Å². The van der Waals surface area contributed by atoms with E-state index >= 15 is 0 Å². The molecule has 74 valence electrons. The number of amidine groups is 1. The molecule has 0 saturated heterocycles. The molecular formula is C6H7N5O2S. The fourth-order valence-corrected chi connectivity index (χ4v) is 1.83. The van der Waals surface area contributed by atoms with Gasteiger partial charge in [0, 0.05) is 0 Å². The highest BCUT2D eigenvalue weighted by Gasteiger charge is 2.23. The van der Waals surface area contributed by atoms with Gasteiger partial charge in [0.15, 0.2) is 11.7 Å². The molecule has 0 atom stereocenters. The normalized spacial score (nSPS) is 17.9. The number of anilines is 1. The number of fused-ring (bicyclic) bond motifs is 1. The van der Waals surface area contributed by atoms with Crippen LogP contribution in [0.5, 0.6) is 0 Å². The van der Waals surface area contributed by atoms with Crippen LogP contribution < -0.4 is 10.5 Å². The summed E-state index contributed by atoms with van der Waals surface area (Å²) in [6.07, 6.45) is 1.44. The topological polar surface area (TPSA) is 110 Å². The monoisotopic (exact) mass is 213 g/mol. The number of nitrogens with zero attached hydrogens (tertiary/aromatic N) is 3. The van der Waals surface area contributed by atoms with Crippen molar-refractivity contribution >= 4 is 21.9 Å². The Kier molecular flexibility index (Phi) is 1.68. The van der Waals surface area contributed by atoms with Gasteiger partial charge in [-0.3, -0.25) is 0 Å². The lowest BCUT2D eigenvalue weighted by molar-refractivity contribution is 0.602. The van der Waals surface area contributed by atoms with Crippen molar-refractivity contribution in [1.29, 1.82) is 0 Å². The first-order valence-electron chi connectivity index (χ1n) is 3.70. The van der Waals surface area contributed by atoms with Crippen molar-refractivity contribution in [1.82, 2.24) is 9.97 Å². The van der Waals surface area contributed by atoms with Crippen molar-refractivity contribution < 1.29 is 8.42 Å². The molecule has 0 bridgehead atoms. The fraction of sp³-hybridized carbons (Fsp3) is 0.167. The largest absolute Gasteiger partial charge is 0.381 e. The van der Waals surface area contributed by atoms with Crippen molar-refractivity contribution in [2.75, 3.05) is 4.72 Å². The van der Waals surface area contributed by atoms with Crippen LogP contribution in [0.25, 0.3) is 0 Å². The molecule has 0 aliphatic carbocycles. The molecule has 1 aromatic heterocycles. The van der Waals surface area contributed by atoms with E-state index in [2.05, 4.69) is 19.1 Å². The Morgan fingerprint density at radius 1 is 1.50 bits per heavy atom. The first kappa shape index (κ1) is 8.88. The summed E-state index contributed by atoms with van der Waals surface area (Å²) < 4.78 is 27.5. The van der Waals surface area contributed by atoms with E-state index in [0.717, 1.165) is 0 Å². The summed E-state index contributed by atoms with van der Waals surface area (Å²) in [6, 6.07) is 0. The zero-order valence-corrected chi connectivity index (χ0v) is 8.04. The number of nitrogens with two attached hydrogens (primary N) is 1. The summed E-state index contributed by atoms with van der Waals surface area (Å²) in [5.41, 5.74) is 6.32. The molecule has 1 aromatic rings. The van der Waals surface area contributed by atoms with Crippen LogP contribution in [0, 0.1) is 6.92 Å². The van der Waals surface area contributed by atoms with Gasteiger partial charge in [0.25, 0.3) is 0 Å². The molecule has 0 fully saturated rings. The SMILES string of the molecule is Cc1cnc2c(n1)C(N)=NS(=O)(=O)N2. The molecule has 8 heteroatoms. The number of rotatable bonds is 0. The minimum Gasteiger partial charge on any atom is -0.381 e. The van der Waals surface area contributed by atoms with E-state index < -0.39 is 10.2 Å². The minimum atomic E-state index is -3.75. The standard InChI is InChI=1S/C6H7N5O2S/c1-3-2-8-6-4(9-3)5(7)10-14(12,13)11-6/h2H,1H3,(H2,7,10)(H,8,11). The van der Waals surface area contributed by atoms with Crippen molar-refractivity contribution in [2.45, 2.75) is 6.92 Å². The van der Waals surface area contributed by atoms with Crippen LogP contribution in [0.2, 0.25) is 0 Å². The molecule has 2 heterocycles. The highest BCUT2D eigenvalue weighted by atomic mass is 32.2. The van der Waals surface area contributed by atoms with Gasteiger partial charge in [0.2, 0.25) is 0 Å². The lowest BCUT2D eigenvalue weighted by Gasteiger charge is -2.13. The van der Waals surface area contributed by atoms with E-state index in [4.69, 9.17) is 5.73 Å². The number of aryl methyl sites for hydroxylation is 1. The first-order valence-corrected chi connectivity index (χ1v) is 5.14. The number of hydrogen-bond donors (Lipinski definition) is 2. The summed E-state index contributed by atoms with van der Waals surface area (Å²) >= 11 is 0. The van der Waals surface area contributed by atoms with Crippen molar-refractivity contribution in [3.63, 3.8) is 0 Å². The second kappa shape index (κ2) is 2.64. The molecule has 0 saturated carbocycles. The maximum absolute atomic E-state index is 11.1. The smallest absolute Gasteiger partial charge is 0.345 e. The summed E-state index contributed by atoms with van der Waals surface area (Å²) in [6.45, 7) is 1.73. The second-order valence-electron chi connectivity index (χ2n) is 2.76. The molecule has 0 radical (unpaired) electrons. The van der Waals surface area contributed by atoms with E-state index in [1.165, 1.54) is 6.20 Å². The predicted octanol–water partition coefficient (Wildman–Crippen LogP) is -0.839. The maximum atomic E-state index is 11.1. The third kappa shape index (κ3) is 1.39. The van der Waals surface area contributed by atoms with Crippen molar-refractivity contribution in [3.05, 3.63) is 17.6 Å². The van der Waals surface area contributed by atoms with Gasteiger partial charge < -0.3 is 5.73 Å². The predicted molar refractivity (Wildman–Crippen MR) is 50.0 cm³/mol. The van der Waals surface area contributed by atoms with E-state index in [0.29, 0.717) is 5.69 Å². The Balaban J connectivity index is 2.68. The number of nitrogens with one attached hydrogen (secondary N) is 1. The van der Waals surface area contributed by atoms with Gasteiger partial charge in [-0.05, 0) is 6.92 Å². The highest BCUT2D eigenvalue weighted by Crippen LogP contribution is 2.16. The quantitative estimate of drug-likeness (QED) is 0.583. The maximum Gasteiger partial charge on any atom is 0.345 e. The van der Waals surface area contributed by atoms with Crippen LogP contribution in [-0.2, 0) is 10.2 Å². The Morgan fingerprint density at radius 2 is 2.21 bits per heavy atom. The Labute approximate surface area is 80.3 Å². The first-order chi connectivity index (χ1) is 6.48.